The third-order valence-corrected chi connectivity index (χ3v) is 7.64. The largest absolute Gasteiger partial charge is 0.357 e. The fourth-order valence-electron chi connectivity index (χ4n) is 5.30. The molecular weight excluding hydrogens is 445 g/mol. The number of carbonyl (C=O) groups excluding carboxylic acids is 1. The Labute approximate surface area is 197 Å². The maximum Gasteiger partial charge on any atom is 0.346 e. The zero-order chi connectivity index (χ0) is 23.2. The minimum absolute atomic E-state index is 0.0409. The zero-order valence-electron chi connectivity index (χ0n) is 18.7. The van der Waals surface area contributed by atoms with Crippen molar-refractivity contribution in [3.05, 3.63) is 56.8 Å². The van der Waals surface area contributed by atoms with Crippen molar-refractivity contribution in [1.82, 2.24) is 20.2 Å². The van der Waals surface area contributed by atoms with E-state index >= 15 is 0 Å². The van der Waals surface area contributed by atoms with E-state index in [1.165, 1.54) is 12.3 Å². The number of aromatic nitrogens is 2. The van der Waals surface area contributed by atoms with Crippen LogP contribution in [0.1, 0.15) is 50.2 Å². The molecule has 2 unspecified atom stereocenters. The molecule has 1 aliphatic heterocycles. The van der Waals surface area contributed by atoms with Gasteiger partial charge in [0.2, 0.25) is 0 Å². The normalized spacial score (nSPS) is 24.1. The van der Waals surface area contributed by atoms with Crippen LogP contribution in [0.3, 0.4) is 0 Å². The third-order valence-electron chi connectivity index (χ3n) is 7.29. The van der Waals surface area contributed by atoms with Gasteiger partial charge in [0.15, 0.2) is 0 Å². The van der Waals surface area contributed by atoms with Gasteiger partial charge in [0.25, 0.3) is 0 Å². The van der Waals surface area contributed by atoms with Gasteiger partial charge in [-0.05, 0) is 62.3 Å². The molecule has 1 saturated heterocycles. The molecule has 3 fully saturated rings. The van der Waals surface area contributed by atoms with Crippen LogP contribution in [-0.4, -0.2) is 46.1 Å². The van der Waals surface area contributed by atoms with Crippen molar-refractivity contribution in [2.24, 2.45) is 5.41 Å². The Morgan fingerprint density at radius 1 is 1.39 bits per heavy atom. The lowest BCUT2D eigenvalue weighted by atomic mass is 9.93. The summed E-state index contributed by atoms with van der Waals surface area (Å²) in [5.74, 6) is 0.389. The number of rotatable bonds is 6. The Hall–Kier alpha value is -2.61. The smallest absolute Gasteiger partial charge is 0.346 e. The lowest BCUT2D eigenvalue weighted by molar-refractivity contribution is 0.177. The molecule has 7 nitrogen and oxygen atoms in total. The molecule has 2 aliphatic carbocycles. The first-order valence-electron chi connectivity index (χ1n) is 11.7. The molecule has 2 atom stereocenters. The van der Waals surface area contributed by atoms with Gasteiger partial charge in [-0.3, -0.25) is 4.98 Å². The van der Waals surface area contributed by atoms with E-state index in [-0.39, 0.29) is 35.8 Å². The zero-order valence-corrected chi connectivity index (χ0v) is 19.5. The number of amides is 2. The van der Waals surface area contributed by atoms with Gasteiger partial charge in [-0.25, -0.2) is 19.0 Å². The van der Waals surface area contributed by atoms with E-state index in [9.17, 15) is 14.0 Å². The summed E-state index contributed by atoms with van der Waals surface area (Å²) < 4.78 is 14.4. The number of urea groups is 1. The van der Waals surface area contributed by atoms with Crippen LogP contribution in [0.15, 0.2) is 29.2 Å². The topological polar surface area (TPSA) is 81.3 Å². The number of hydrogen-bond acceptors (Lipinski definition) is 4. The van der Waals surface area contributed by atoms with Crippen molar-refractivity contribution in [2.75, 3.05) is 18.0 Å². The van der Waals surface area contributed by atoms with Gasteiger partial charge in [0.05, 0.1) is 0 Å². The van der Waals surface area contributed by atoms with Crippen molar-refractivity contribution in [2.45, 2.75) is 64.1 Å². The maximum absolute atomic E-state index is 14.4. The molecule has 2 N–H and O–H groups in total. The van der Waals surface area contributed by atoms with Crippen LogP contribution >= 0.6 is 11.6 Å². The summed E-state index contributed by atoms with van der Waals surface area (Å²) in [5, 5.41) is 3.38. The maximum atomic E-state index is 14.4. The van der Waals surface area contributed by atoms with Crippen LogP contribution in [0, 0.1) is 11.2 Å². The number of H-pyrrole nitrogens is 1. The second-order valence-electron chi connectivity index (χ2n) is 9.55. The predicted molar refractivity (Wildman–Crippen MR) is 125 cm³/mol. The molecule has 2 saturated carbocycles. The van der Waals surface area contributed by atoms with Crippen LogP contribution in [0.25, 0.3) is 0 Å². The average Bonchev–Trinajstić information content (AvgIpc) is 3.73. The second kappa shape index (κ2) is 8.63. The number of hydrogen-bond donors (Lipinski definition) is 2. The summed E-state index contributed by atoms with van der Waals surface area (Å²) in [7, 11) is 0. The van der Waals surface area contributed by atoms with E-state index in [2.05, 4.69) is 20.2 Å². The van der Waals surface area contributed by atoms with Gasteiger partial charge in [0.1, 0.15) is 11.6 Å². The van der Waals surface area contributed by atoms with Crippen molar-refractivity contribution in [3.63, 3.8) is 0 Å². The van der Waals surface area contributed by atoms with Crippen LogP contribution in [0.5, 0.6) is 0 Å². The highest BCUT2D eigenvalue weighted by atomic mass is 35.5. The molecule has 1 spiro atoms. The van der Waals surface area contributed by atoms with Crippen molar-refractivity contribution >= 4 is 23.4 Å². The molecule has 2 heterocycles. The first kappa shape index (κ1) is 22.2. The first-order valence-corrected chi connectivity index (χ1v) is 12.1. The molecule has 9 heteroatoms. The molecule has 2 aromatic rings. The Morgan fingerprint density at radius 3 is 2.94 bits per heavy atom. The molecular formula is C24H29ClFN5O2. The van der Waals surface area contributed by atoms with E-state index in [1.807, 2.05) is 17.9 Å². The van der Waals surface area contributed by atoms with Crippen molar-refractivity contribution in [1.29, 1.82) is 0 Å². The monoisotopic (exact) mass is 473 g/mol. The van der Waals surface area contributed by atoms with E-state index in [1.54, 1.807) is 6.07 Å². The highest BCUT2D eigenvalue weighted by Gasteiger charge is 2.61. The molecule has 1 aromatic heterocycles. The lowest BCUT2D eigenvalue weighted by Crippen LogP contribution is -2.47. The van der Waals surface area contributed by atoms with E-state index in [0.717, 1.165) is 56.6 Å². The van der Waals surface area contributed by atoms with Crippen molar-refractivity contribution < 1.29 is 9.18 Å². The summed E-state index contributed by atoms with van der Waals surface area (Å²) in [4.78, 5) is 35.6. The molecule has 0 bridgehead atoms. The van der Waals surface area contributed by atoms with Gasteiger partial charge < -0.3 is 15.1 Å². The number of carbonyl (C=O) groups is 1. The minimum Gasteiger partial charge on any atom is -0.357 e. The first-order chi connectivity index (χ1) is 15.9. The Balaban J connectivity index is 1.27. The number of anilines is 1. The second-order valence-corrected chi connectivity index (χ2v) is 9.96. The van der Waals surface area contributed by atoms with Gasteiger partial charge >= 0.3 is 11.7 Å². The summed E-state index contributed by atoms with van der Waals surface area (Å²) in [6.07, 6.45) is 7.29. The summed E-state index contributed by atoms with van der Waals surface area (Å²) in [6.45, 7) is 3.79. The van der Waals surface area contributed by atoms with E-state index in [0.29, 0.717) is 17.0 Å². The Morgan fingerprint density at radius 2 is 2.21 bits per heavy atom. The fourth-order valence-corrected chi connectivity index (χ4v) is 5.58. The molecule has 2 amide bonds. The summed E-state index contributed by atoms with van der Waals surface area (Å²) in [6, 6.07) is 5.20. The summed E-state index contributed by atoms with van der Waals surface area (Å²) >= 11 is 6.10. The quantitative estimate of drug-likeness (QED) is 0.667. The number of halogens is 2. The molecule has 33 heavy (non-hydrogen) atoms. The number of piperidine rings is 1. The van der Waals surface area contributed by atoms with E-state index in [4.69, 9.17) is 11.6 Å². The van der Waals surface area contributed by atoms with Gasteiger partial charge in [0, 0.05) is 53.9 Å². The highest BCUT2D eigenvalue weighted by molar-refractivity contribution is 6.31. The van der Waals surface area contributed by atoms with Gasteiger partial charge in [-0.15, -0.1) is 0 Å². The Kier molecular flexibility index (Phi) is 5.80. The van der Waals surface area contributed by atoms with Crippen LogP contribution < -0.4 is 15.9 Å². The Bertz CT molecular complexity index is 1120. The number of nitrogens with zero attached hydrogens (tertiary/aromatic N) is 3. The highest BCUT2D eigenvalue weighted by Crippen LogP contribution is 2.57. The minimum atomic E-state index is -0.396. The van der Waals surface area contributed by atoms with E-state index < -0.39 is 5.82 Å². The van der Waals surface area contributed by atoms with Crippen LogP contribution in [0.4, 0.5) is 15.0 Å². The number of benzene rings is 1. The molecule has 5 rings (SSSR count). The molecule has 3 aliphatic rings. The number of aromatic amines is 1. The number of aryl methyl sites for hydroxylation is 1. The predicted octanol–water partition coefficient (Wildman–Crippen LogP) is 3.86. The molecule has 0 radical (unpaired) electrons. The van der Waals surface area contributed by atoms with Gasteiger partial charge in [-0.1, -0.05) is 18.5 Å². The molecule has 1 aromatic carbocycles. The fraction of sp³-hybridized carbons (Fsp3) is 0.542. The average molecular weight is 474 g/mol. The third kappa shape index (κ3) is 4.45. The van der Waals surface area contributed by atoms with Crippen molar-refractivity contribution in [3.8, 4) is 0 Å². The van der Waals surface area contributed by atoms with Crippen LogP contribution in [-0.2, 0) is 13.0 Å². The van der Waals surface area contributed by atoms with Gasteiger partial charge in [-0.2, -0.15) is 0 Å². The SMILES string of the molecule is CCc1cc(CNC(=O)N(C2CC2)C2CC23CCCN(c2ccnc(=O)[nH]2)C3)c(F)cc1Cl. The molecule has 176 valence electrons. The lowest BCUT2D eigenvalue weighted by Gasteiger charge is -2.36. The summed E-state index contributed by atoms with van der Waals surface area (Å²) in [5.41, 5.74) is 1.02. The van der Waals surface area contributed by atoms with Crippen LogP contribution in [0.2, 0.25) is 5.02 Å². The number of nitrogens with one attached hydrogen (secondary N) is 2. The standard InChI is InChI=1S/C24H29ClFN5O2/c1-2-15-10-16(19(26)11-18(15)25)13-28-23(33)31(17-4-5-17)20-12-24(20)7-3-9-30(14-24)21-6-8-27-22(32)29-21/h6,8,10-11,17,20H,2-5,7,9,12-14H2,1H3,(H,28,33)(H,27,29,32).